The molecule has 3 N–H and O–H groups in total. The fraction of sp³-hybridized carbons (Fsp3) is 0. The molecular weight excluding hydrogens is 282 g/mol. The SMILES string of the molecule is NS(=O)(=O)c1ccc(Nc2cccc([N+](=O)[O-])c2)cc1. The van der Waals surface area contributed by atoms with Gasteiger partial charge in [-0.25, -0.2) is 13.6 Å². The zero-order valence-corrected chi connectivity index (χ0v) is 11.0. The molecule has 20 heavy (non-hydrogen) atoms. The van der Waals surface area contributed by atoms with E-state index in [0.717, 1.165) is 0 Å². The average Bonchev–Trinajstić information content (AvgIpc) is 2.38. The number of anilines is 2. The first-order chi connectivity index (χ1) is 9.36. The van der Waals surface area contributed by atoms with Gasteiger partial charge in [0.05, 0.1) is 9.82 Å². The maximum Gasteiger partial charge on any atom is 0.271 e. The van der Waals surface area contributed by atoms with Gasteiger partial charge >= 0.3 is 0 Å². The molecule has 2 rings (SSSR count). The van der Waals surface area contributed by atoms with Crippen molar-refractivity contribution in [2.75, 3.05) is 5.32 Å². The summed E-state index contributed by atoms with van der Waals surface area (Å²) in [6.45, 7) is 0. The van der Waals surface area contributed by atoms with Crippen molar-refractivity contribution in [2.24, 2.45) is 5.14 Å². The van der Waals surface area contributed by atoms with Crippen LogP contribution in [-0.2, 0) is 10.0 Å². The second-order valence-electron chi connectivity index (χ2n) is 4.00. The number of primary sulfonamides is 1. The maximum absolute atomic E-state index is 11.1. The summed E-state index contributed by atoms with van der Waals surface area (Å²) in [6, 6.07) is 11.8. The van der Waals surface area contributed by atoms with Gasteiger partial charge in [0.1, 0.15) is 0 Å². The fourth-order valence-electron chi connectivity index (χ4n) is 1.59. The Morgan fingerprint density at radius 2 is 1.70 bits per heavy atom. The van der Waals surface area contributed by atoms with Gasteiger partial charge in [-0.3, -0.25) is 10.1 Å². The zero-order chi connectivity index (χ0) is 14.8. The lowest BCUT2D eigenvalue weighted by atomic mass is 10.2. The standard InChI is InChI=1S/C12H11N3O4S/c13-20(18,19)12-6-4-9(5-7-12)14-10-2-1-3-11(8-10)15(16)17/h1-8,14H,(H2,13,18,19). The fourth-order valence-corrected chi connectivity index (χ4v) is 2.11. The molecule has 0 saturated heterocycles. The third-order valence-corrected chi connectivity index (χ3v) is 3.46. The number of hydrogen-bond acceptors (Lipinski definition) is 5. The van der Waals surface area contributed by atoms with Gasteiger partial charge < -0.3 is 5.32 Å². The molecule has 0 saturated carbocycles. The minimum absolute atomic E-state index is 0.00194. The molecule has 0 aliphatic heterocycles. The molecule has 0 heterocycles. The van der Waals surface area contributed by atoms with Crippen molar-refractivity contribution in [1.29, 1.82) is 0 Å². The highest BCUT2D eigenvalue weighted by atomic mass is 32.2. The van der Waals surface area contributed by atoms with Crippen LogP contribution in [0.25, 0.3) is 0 Å². The van der Waals surface area contributed by atoms with E-state index in [1.807, 2.05) is 0 Å². The van der Waals surface area contributed by atoms with Crippen LogP contribution in [0.1, 0.15) is 0 Å². The van der Waals surface area contributed by atoms with Gasteiger partial charge in [-0.1, -0.05) is 6.07 Å². The molecule has 7 nitrogen and oxygen atoms in total. The van der Waals surface area contributed by atoms with Gasteiger partial charge in [0.25, 0.3) is 5.69 Å². The first kappa shape index (κ1) is 14.0. The van der Waals surface area contributed by atoms with Crippen molar-refractivity contribution in [3.8, 4) is 0 Å². The number of hydrogen-bond donors (Lipinski definition) is 2. The second kappa shape index (κ2) is 5.27. The van der Waals surface area contributed by atoms with Gasteiger partial charge in [0.15, 0.2) is 0 Å². The Labute approximate surface area is 115 Å². The van der Waals surface area contributed by atoms with Gasteiger partial charge in [0.2, 0.25) is 10.0 Å². The Morgan fingerprint density at radius 1 is 1.05 bits per heavy atom. The first-order valence-corrected chi connectivity index (χ1v) is 7.05. The van der Waals surface area contributed by atoms with E-state index in [9.17, 15) is 18.5 Å². The molecule has 0 radical (unpaired) electrons. The number of nitrogens with two attached hydrogens (primary N) is 1. The van der Waals surface area contributed by atoms with Crippen molar-refractivity contribution in [3.05, 3.63) is 58.6 Å². The van der Waals surface area contributed by atoms with E-state index in [4.69, 9.17) is 5.14 Å². The number of non-ortho nitro benzene ring substituents is 1. The molecular formula is C12H11N3O4S. The smallest absolute Gasteiger partial charge is 0.271 e. The van der Waals surface area contributed by atoms with Crippen molar-refractivity contribution in [2.45, 2.75) is 4.90 Å². The summed E-state index contributed by atoms with van der Waals surface area (Å²) in [5.74, 6) is 0. The molecule has 8 heteroatoms. The summed E-state index contributed by atoms with van der Waals surface area (Å²) < 4.78 is 22.2. The number of sulfonamides is 1. The van der Waals surface area contributed by atoms with Crippen LogP contribution in [0.5, 0.6) is 0 Å². The van der Waals surface area contributed by atoms with Gasteiger partial charge in [-0.05, 0) is 30.3 Å². The molecule has 104 valence electrons. The summed E-state index contributed by atoms with van der Waals surface area (Å²) in [5, 5.41) is 18.6. The van der Waals surface area contributed by atoms with Crippen molar-refractivity contribution >= 4 is 27.1 Å². The summed E-state index contributed by atoms with van der Waals surface area (Å²) >= 11 is 0. The number of nitrogens with one attached hydrogen (secondary N) is 1. The summed E-state index contributed by atoms with van der Waals surface area (Å²) in [4.78, 5) is 10.2. The Hall–Kier alpha value is -2.45. The Morgan fingerprint density at radius 3 is 2.25 bits per heavy atom. The summed E-state index contributed by atoms with van der Waals surface area (Å²) in [7, 11) is -3.73. The number of nitro groups is 1. The zero-order valence-electron chi connectivity index (χ0n) is 10.2. The molecule has 0 unspecified atom stereocenters. The van der Waals surface area contributed by atoms with E-state index in [2.05, 4.69) is 5.32 Å². The van der Waals surface area contributed by atoms with Crippen molar-refractivity contribution in [3.63, 3.8) is 0 Å². The number of nitrogens with zero attached hydrogens (tertiary/aromatic N) is 1. The molecule has 0 spiro atoms. The predicted molar refractivity (Wildman–Crippen MR) is 74.2 cm³/mol. The Balaban J connectivity index is 2.22. The Kier molecular flexibility index (Phi) is 3.68. The molecule has 0 amide bonds. The van der Waals surface area contributed by atoms with Gasteiger partial charge in [-0.15, -0.1) is 0 Å². The molecule has 0 bridgehead atoms. The minimum Gasteiger partial charge on any atom is -0.355 e. The van der Waals surface area contributed by atoms with Crippen LogP contribution in [0.15, 0.2) is 53.4 Å². The van der Waals surface area contributed by atoms with E-state index in [1.165, 1.54) is 36.4 Å². The number of benzene rings is 2. The number of rotatable bonds is 4. The van der Waals surface area contributed by atoms with E-state index < -0.39 is 14.9 Å². The van der Waals surface area contributed by atoms with Crippen LogP contribution in [0.2, 0.25) is 0 Å². The van der Waals surface area contributed by atoms with Gasteiger partial charge in [0, 0.05) is 23.5 Å². The average molecular weight is 293 g/mol. The monoisotopic (exact) mass is 293 g/mol. The van der Waals surface area contributed by atoms with Crippen LogP contribution in [0, 0.1) is 10.1 Å². The lowest BCUT2D eigenvalue weighted by molar-refractivity contribution is -0.384. The molecule has 0 aliphatic rings. The summed E-state index contributed by atoms with van der Waals surface area (Å²) in [6.07, 6.45) is 0. The van der Waals surface area contributed by atoms with E-state index in [0.29, 0.717) is 11.4 Å². The largest absolute Gasteiger partial charge is 0.355 e. The highest BCUT2D eigenvalue weighted by Gasteiger charge is 2.08. The number of nitro benzene ring substituents is 1. The first-order valence-electron chi connectivity index (χ1n) is 5.50. The third-order valence-electron chi connectivity index (χ3n) is 2.53. The highest BCUT2D eigenvalue weighted by molar-refractivity contribution is 7.89. The molecule has 0 aromatic heterocycles. The van der Waals surface area contributed by atoms with Crippen LogP contribution < -0.4 is 10.5 Å². The quantitative estimate of drug-likeness (QED) is 0.660. The van der Waals surface area contributed by atoms with Crippen LogP contribution in [0.4, 0.5) is 17.1 Å². The predicted octanol–water partition coefficient (Wildman–Crippen LogP) is 1.99. The third kappa shape index (κ3) is 3.31. The van der Waals surface area contributed by atoms with E-state index in [-0.39, 0.29) is 10.6 Å². The minimum atomic E-state index is -3.73. The highest BCUT2D eigenvalue weighted by Crippen LogP contribution is 2.22. The second-order valence-corrected chi connectivity index (χ2v) is 5.56. The van der Waals surface area contributed by atoms with Crippen molar-refractivity contribution in [1.82, 2.24) is 0 Å². The molecule has 0 atom stereocenters. The molecule has 0 fully saturated rings. The molecule has 0 aliphatic carbocycles. The van der Waals surface area contributed by atoms with E-state index >= 15 is 0 Å². The molecule has 2 aromatic carbocycles. The van der Waals surface area contributed by atoms with Crippen molar-refractivity contribution < 1.29 is 13.3 Å². The summed E-state index contributed by atoms with van der Waals surface area (Å²) in [5.41, 5.74) is 1.09. The molecule has 2 aromatic rings. The van der Waals surface area contributed by atoms with E-state index in [1.54, 1.807) is 12.1 Å². The lowest BCUT2D eigenvalue weighted by Crippen LogP contribution is -2.11. The van der Waals surface area contributed by atoms with Gasteiger partial charge in [-0.2, -0.15) is 0 Å². The Bertz CT molecular complexity index is 742. The lowest BCUT2D eigenvalue weighted by Gasteiger charge is -2.06. The normalized spacial score (nSPS) is 11.1. The van der Waals surface area contributed by atoms with Crippen LogP contribution in [0.3, 0.4) is 0 Å². The topological polar surface area (TPSA) is 115 Å². The van der Waals surface area contributed by atoms with Crippen LogP contribution >= 0.6 is 0 Å². The van der Waals surface area contributed by atoms with Crippen LogP contribution in [-0.4, -0.2) is 13.3 Å². The maximum atomic E-state index is 11.1.